The summed E-state index contributed by atoms with van der Waals surface area (Å²) in [6, 6.07) is 11.4. The summed E-state index contributed by atoms with van der Waals surface area (Å²) in [5.41, 5.74) is 1.13. The van der Waals surface area contributed by atoms with Crippen molar-refractivity contribution in [2.24, 2.45) is 5.92 Å². The van der Waals surface area contributed by atoms with Crippen molar-refractivity contribution >= 4 is 16.6 Å². The van der Waals surface area contributed by atoms with Gasteiger partial charge in [0.15, 0.2) is 0 Å². The summed E-state index contributed by atoms with van der Waals surface area (Å²) in [5, 5.41) is 5.80. The molecule has 3 nitrogen and oxygen atoms in total. The molecule has 1 saturated heterocycles. The number of benzene rings is 1. The number of nitrogens with one attached hydrogen (secondary N) is 1. The van der Waals surface area contributed by atoms with Gasteiger partial charge in [0.05, 0.1) is 5.69 Å². The fourth-order valence-corrected chi connectivity index (χ4v) is 3.47. The Labute approximate surface area is 127 Å². The van der Waals surface area contributed by atoms with E-state index in [1.54, 1.807) is 0 Å². The molecule has 1 aromatic heterocycles. The van der Waals surface area contributed by atoms with Gasteiger partial charge < -0.3 is 10.2 Å². The minimum Gasteiger partial charge on any atom is -0.353 e. The lowest BCUT2D eigenvalue weighted by Crippen LogP contribution is -2.34. The molecule has 1 atom stereocenters. The molecule has 2 heterocycles. The molecule has 0 amide bonds. The molecule has 0 saturated carbocycles. The molecule has 1 aliphatic heterocycles. The van der Waals surface area contributed by atoms with Crippen molar-refractivity contribution < 1.29 is 0 Å². The van der Waals surface area contributed by atoms with Crippen LogP contribution in [0.25, 0.3) is 10.8 Å². The van der Waals surface area contributed by atoms with E-state index in [0.29, 0.717) is 12.0 Å². The molecule has 0 spiro atoms. The van der Waals surface area contributed by atoms with Crippen LogP contribution >= 0.6 is 0 Å². The summed E-state index contributed by atoms with van der Waals surface area (Å²) < 4.78 is 0. The molecule has 0 radical (unpaired) electrons. The number of pyridine rings is 1. The molecule has 0 bridgehead atoms. The molecule has 3 heteroatoms. The van der Waals surface area contributed by atoms with Crippen LogP contribution in [0.5, 0.6) is 0 Å². The van der Waals surface area contributed by atoms with Gasteiger partial charge in [-0.15, -0.1) is 0 Å². The maximum atomic E-state index is 4.97. The highest BCUT2D eigenvalue weighted by Crippen LogP contribution is 2.33. The zero-order valence-corrected chi connectivity index (χ0v) is 13.3. The molecule has 2 aromatic rings. The first-order chi connectivity index (χ1) is 10.2. The highest BCUT2D eigenvalue weighted by atomic mass is 15.2. The molecule has 21 heavy (non-hydrogen) atoms. The Morgan fingerprint density at radius 3 is 2.90 bits per heavy atom. The third kappa shape index (κ3) is 2.75. The van der Waals surface area contributed by atoms with Crippen LogP contribution in [-0.2, 0) is 6.54 Å². The Morgan fingerprint density at radius 2 is 2.14 bits per heavy atom. The van der Waals surface area contributed by atoms with E-state index < -0.39 is 0 Å². The molecule has 3 rings (SSSR count). The predicted octanol–water partition coefficient (Wildman–Crippen LogP) is 3.58. The van der Waals surface area contributed by atoms with Crippen LogP contribution in [0.2, 0.25) is 0 Å². The van der Waals surface area contributed by atoms with Gasteiger partial charge in [0.2, 0.25) is 0 Å². The highest BCUT2D eigenvalue weighted by Gasteiger charge is 2.29. The zero-order chi connectivity index (χ0) is 14.8. The van der Waals surface area contributed by atoms with Crippen LogP contribution in [0.3, 0.4) is 0 Å². The van der Waals surface area contributed by atoms with E-state index in [0.717, 1.165) is 18.8 Å². The van der Waals surface area contributed by atoms with Crippen molar-refractivity contribution in [3.05, 3.63) is 36.0 Å². The van der Waals surface area contributed by atoms with Crippen LogP contribution in [-0.4, -0.2) is 24.6 Å². The van der Waals surface area contributed by atoms with Gasteiger partial charge >= 0.3 is 0 Å². The first-order valence-corrected chi connectivity index (χ1v) is 8.00. The summed E-state index contributed by atoms with van der Waals surface area (Å²) in [6.45, 7) is 6.59. The largest absolute Gasteiger partial charge is 0.353 e. The Balaban J connectivity index is 2.11. The van der Waals surface area contributed by atoms with Crippen molar-refractivity contribution in [2.75, 3.05) is 18.5 Å². The topological polar surface area (TPSA) is 28.2 Å². The molecule has 1 fully saturated rings. The molecular formula is C18H25N3. The lowest BCUT2D eigenvalue weighted by Gasteiger charge is -2.30. The Kier molecular flexibility index (Phi) is 4.11. The van der Waals surface area contributed by atoms with Gasteiger partial charge in [0, 0.05) is 24.5 Å². The van der Waals surface area contributed by atoms with Gasteiger partial charge in [0.25, 0.3) is 0 Å². The van der Waals surface area contributed by atoms with Crippen molar-refractivity contribution in [3.8, 4) is 0 Å². The van der Waals surface area contributed by atoms with Crippen LogP contribution in [0.4, 0.5) is 5.82 Å². The Morgan fingerprint density at radius 1 is 1.33 bits per heavy atom. The Bertz CT molecular complexity index is 621. The van der Waals surface area contributed by atoms with Gasteiger partial charge in [-0.2, -0.15) is 0 Å². The summed E-state index contributed by atoms with van der Waals surface area (Å²) in [7, 11) is 1.98. The summed E-state index contributed by atoms with van der Waals surface area (Å²) in [6.07, 6.45) is 2.55. The average Bonchev–Trinajstić information content (AvgIpc) is 2.96. The second kappa shape index (κ2) is 6.02. The first kappa shape index (κ1) is 14.3. The van der Waals surface area contributed by atoms with E-state index >= 15 is 0 Å². The number of rotatable bonds is 4. The van der Waals surface area contributed by atoms with Gasteiger partial charge in [-0.3, -0.25) is 0 Å². The maximum absolute atomic E-state index is 4.97. The second-order valence-corrected chi connectivity index (χ2v) is 6.34. The third-order valence-corrected chi connectivity index (χ3v) is 4.47. The summed E-state index contributed by atoms with van der Waals surface area (Å²) >= 11 is 0. The van der Waals surface area contributed by atoms with Crippen molar-refractivity contribution in [3.63, 3.8) is 0 Å². The van der Waals surface area contributed by atoms with Crippen LogP contribution in [0.15, 0.2) is 30.3 Å². The van der Waals surface area contributed by atoms with Gasteiger partial charge in [-0.25, -0.2) is 4.98 Å². The fourth-order valence-electron chi connectivity index (χ4n) is 3.47. The van der Waals surface area contributed by atoms with Gasteiger partial charge in [-0.1, -0.05) is 38.1 Å². The van der Waals surface area contributed by atoms with E-state index in [1.807, 2.05) is 7.05 Å². The number of anilines is 1. The van der Waals surface area contributed by atoms with Gasteiger partial charge in [-0.05, 0) is 37.3 Å². The normalized spacial score (nSPS) is 18.9. The number of nitrogens with zero attached hydrogens (tertiary/aromatic N) is 2. The summed E-state index contributed by atoms with van der Waals surface area (Å²) in [5.74, 6) is 1.84. The summed E-state index contributed by atoms with van der Waals surface area (Å²) in [4.78, 5) is 7.50. The smallest absolute Gasteiger partial charge is 0.137 e. The van der Waals surface area contributed by atoms with E-state index in [4.69, 9.17) is 4.98 Å². The quantitative estimate of drug-likeness (QED) is 0.929. The number of aromatic nitrogens is 1. The van der Waals surface area contributed by atoms with E-state index in [2.05, 4.69) is 54.4 Å². The molecule has 1 unspecified atom stereocenters. The lowest BCUT2D eigenvalue weighted by atomic mass is 10.0. The van der Waals surface area contributed by atoms with Crippen LogP contribution in [0.1, 0.15) is 32.4 Å². The average molecular weight is 283 g/mol. The molecule has 112 valence electrons. The minimum atomic E-state index is 0.616. The first-order valence-electron chi connectivity index (χ1n) is 8.00. The number of fused-ring (bicyclic) bond motifs is 1. The monoisotopic (exact) mass is 283 g/mol. The zero-order valence-electron chi connectivity index (χ0n) is 13.3. The standard InChI is InChI=1S/C18H25N3/c1-13(2)17-9-6-10-21(17)18-16-8-5-4-7-14(16)11-15(20-18)12-19-3/h4-5,7-8,11,13,17,19H,6,9-10,12H2,1-3H3. The molecule has 1 aliphatic rings. The SMILES string of the molecule is CNCc1cc2ccccc2c(N2CCCC2C(C)C)n1. The molecule has 1 aromatic carbocycles. The fraction of sp³-hybridized carbons (Fsp3) is 0.500. The number of hydrogen-bond donors (Lipinski definition) is 1. The highest BCUT2D eigenvalue weighted by molar-refractivity contribution is 5.92. The predicted molar refractivity (Wildman–Crippen MR) is 89.7 cm³/mol. The minimum absolute atomic E-state index is 0.616. The third-order valence-electron chi connectivity index (χ3n) is 4.47. The number of hydrogen-bond acceptors (Lipinski definition) is 3. The Hall–Kier alpha value is -1.61. The van der Waals surface area contributed by atoms with E-state index in [-0.39, 0.29) is 0 Å². The van der Waals surface area contributed by atoms with Crippen LogP contribution in [0, 0.1) is 5.92 Å². The van der Waals surface area contributed by atoms with Crippen molar-refractivity contribution in [1.82, 2.24) is 10.3 Å². The maximum Gasteiger partial charge on any atom is 0.137 e. The molecule has 0 aliphatic carbocycles. The molecular weight excluding hydrogens is 258 g/mol. The lowest BCUT2D eigenvalue weighted by molar-refractivity contribution is 0.490. The van der Waals surface area contributed by atoms with Gasteiger partial charge in [0.1, 0.15) is 5.82 Å². The molecule has 1 N–H and O–H groups in total. The van der Waals surface area contributed by atoms with Crippen LogP contribution < -0.4 is 10.2 Å². The second-order valence-electron chi connectivity index (χ2n) is 6.34. The van der Waals surface area contributed by atoms with Crippen molar-refractivity contribution in [1.29, 1.82) is 0 Å². The van der Waals surface area contributed by atoms with E-state index in [9.17, 15) is 0 Å². The van der Waals surface area contributed by atoms with Crippen molar-refractivity contribution in [2.45, 2.75) is 39.3 Å². The van der Waals surface area contributed by atoms with E-state index in [1.165, 1.54) is 29.4 Å².